The zero-order valence-corrected chi connectivity index (χ0v) is 13.1. The van der Waals surface area contributed by atoms with Crippen molar-refractivity contribution in [1.29, 1.82) is 0 Å². The normalized spacial score (nSPS) is 15.0. The van der Waals surface area contributed by atoms with Gasteiger partial charge in [0.2, 0.25) is 5.76 Å². The number of amides is 1. The number of ether oxygens (including phenoxy) is 3. The van der Waals surface area contributed by atoms with E-state index in [0.29, 0.717) is 22.3 Å². The summed E-state index contributed by atoms with van der Waals surface area (Å²) in [5, 5.41) is 3.31. The Morgan fingerprint density at radius 3 is 2.50 bits per heavy atom. The number of carbonyl (C=O) groups excluding carboxylic acids is 2. The molecule has 0 unspecified atom stereocenters. The molecule has 1 aliphatic rings. The number of anilines is 1. The van der Waals surface area contributed by atoms with Gasteiger partial charge in [0.15, 0.2) is 6.10 Å². The topological polar surface area (TPSA) is 73.9 Å². The first kappa shape index (κ1) is 16.5. The molecular weight excluding hydrogens is 333 g/mol. The first-order valence-electron chi connectivity index (χ1n) is 6.38. The van der Waals surface area contributed by atoms with Crippen LogP contribution in [0, 0.1) is 0 Å². The summed E-state index contributed by atoms with van der Waals surface area (Å²) in [7, 11) is 0. The molecule has 1 aromatic rings. The number of hydrogen-bond acceptors (Lipinski definition) is 5. The molecule has 0 saturated carbocycles. The Kier molecular flexibility index (Phi) is 5.51. The summed E-state index contributed by atoms with van der Waals surface area (Å²) in [5.41, 5.74) is 0.405. The molecule has 8 heteroatoms. The minimum atomic E-state index is -1.03. The van der Waals surface area contributed by atoms with Gasteiger partial charge in [0.05, 0.1) is 0 Å². The molecule has 1 amide bonds. The van der Waals surface area contributed by atoms with Crippen molar-refractivity contribution in [2.75, 3.05) is 18.5 Å². The number of carbonyl (C=O) groups is 2. The van der Waals surface area contributed by atoms with Gasteiger partial charge in [0.25, 0.3) is 5.91 Å². The van der Waals surface area contributed by atoms with Crippen LogP contribution in [0.15, 0.2) is 30.2 Å². The fourth-order valence-electron chi connectivity index (χ4n) is 1.62. The molecular formula is C14H13Cl2NO5. The van der Waals surface area contributed by atoms with Gasteiger partial charge in [-0.15, -0.1) is 0 Å². The van der Waals surface area contributed by atoms with Crippen LogP contribution < -0.4 is 5.32 Å². The zero-order valence-electron chi connectivity index (χ0n) is 11.6. The highest BCUT2D eigenvalue weighted by Crippen LogP contribution is 2.22. The van der Waals surface area contributed by atoms with Gasteiger partial charge in [0.1, 0.15) is 19.5 Å². The van der Waals surface area contributed by atoms with Crippen LogP contribution in [0.4, 0.5) is 5.69 Å². The van der Waals surface area contributed by atoms with Gasteiger partial charge < -0.3 is 19.5 Å². The molecule has 1 atom stereocenters. The van der Waals surface area contributed by atoms with Gasteiger partial charge >= 0.3 is 5.97 Å². The second-order valence-corrected chi connectivity index (χ2v) is 5.27. The number of esters is 1. The maximum Gasteiger partial charge on any atom is 0.377 e. The van der Waals surface area contributed by atoms with Crippen LogP contribution in [0.25, 0.3) is 0 Å². The van der Waals surface area contributed by atoms with E-state index in [2.05, 4.69) is 5.32 Å². The maximum absolute atomic E-state index is 12.0. The summed E-state index contributed by atoms with van der Waals surface area (Å²) in [6, 6.07) is 4.59. The fourth-order valence-corrected chi connectivity index (χ4v) is 2.14. The van der Waals surface area contributed by atoms with Crippen LogP contribution in [0.3, 0.4) is 0 Å². The lowest BCUT2D eigenvalue weighted by atomic mass is 10.3. The first-order valence-corrected chi connectivity index (χ1v) is 7.14. The predicted octanol–water partition coefficient (Wildman–Crippen LogP) is 2.75. The summed E-state index contributed by atoms with van der Waals surface area (Å²) >= 11 is 11.7. The van der Waals surface area contributed by atoms with E-state index in [1.165, 1.54) is 25.1 Å². The highest BCUT2D eigenvalue weighted by atomic mass is 35.5. The summed E-state index contributed by atoms with van der Waals surface area (Å²) in [6.45, 7) is 2.05. The molecule has 0 aliphatic carbocycles. The first-order chi connectivity index (χ1) is 10.5. The van der Waals surface area contributed by atoms with Crippen molar-refractivity contribution < 1.29 is 23.8 Å². The largest absolute Gasteiger partial charge is 0.493 e. The monoisotopic (exact) mass is 345 g/mol. The summed E-state index contributed by atoms with van der Waals surface area (Å²) in [6.07, 6.45) is 0.129. The van der Waals surface area contributed by atoms with Crippen LogP contribution in [0.2, 0.25) is 10.0 Å². The van der Waals surface area contributed by atoms with Crippen LogP contribution in [0.5, 0.6) is 0 Å². The van der Waals surface area contributed by atoms with Gasteiger partial charge in [-0.1, -0.05) is 23.2 Å². The van der Waals surface area contributed by atoms with Crippen molar-refractivity contribution in [3.63, 3.8) is 0 Å². The summed E-state index contributed by atoms with van der Waals surface area (Å²) in [4.78, 5) is 23.7. The molecule has 1 heterocycles. The molecule has 1 N–H and O–H groups in total. The fraction of sp³-hybridized carbons (Fsp3) is 0.286. The molecule has 6 nitrogen and oxygen atoms in total. The van der Waals surface area contributed by atoms with Gasteiger partial charge in [-0.25, -0.2) is 4.79 Å². The molecule has 0 aromatic heterocycles. The molecule has 0 bridgehead atoms. The van der Waals surface area contributed by atoms with E-state index in [4.69, 9.17) is 37.4 Å². The van der Waals surface area contributed by atoms with Crippen molar-refractivity contribution in [3.8, 4) is 0 Å². The molecule has 1 aromatic carbocycles. The zero-order chi connectivity index (χ0) is 16.1. The van der Waals surface area contributed by atoms with E-state index in [1.807, 2.05) is 0 Å². The Morgan fingerprint density at radius 2 is 1.91 bits per heavy atom. The average molecular weight is 346 g/mol. The molecule has 22 heavy (non-hydrogen) atoms. The summed E-state index contributed by atoms with van der Waals surface area (Å²) in [5.74, 6) is -1.37. The Morgan fingerprint density at radius 1 is 1.23 bits per heavy atom. The molecule has 118 valence electrons. The molecule has 0 radical (unpaired) electrons. The SMILES string of the molecule is C[C@H](OC(=O)C1=COCCO1)C(=O)Nc1cc(Cl)cc(Cl)c1. The van der Waals surface area contributed by atoms with E-state index in [9.17, 15) is 9.59 Å². The van der Waals surface area contributed by atoms with Gasteiger partial charge in [-0.05, 0) is 25.1 Å². The molecule has 0 spiro atoms. The standard InChI is InChI=1S/C14H13Cl2NO5/c1-8(22-14(19)12-7-20-2-3-21-12)13(18)17-11-5-9(15)4-10(16)6-11/h4-8H,2-3H2,1H3,(H,17,18)/t8-/m0/s1. The van der Waals surface area contributed by atoms with Crippen LogP contribution in [0.1, 0.15) is 6.92 Å². The second kappa shape index (κ2) is 7.38. The minimum Gasteiger partial charge on any atom is -0.493 e. The van der Waals surface area contributed by atoms with Crippen LogP contribution in [-0.2, 0) is 23.8 Å². The number of rotatable bonds is 4. The van der Waals surface area contributed by atoms with E-state index in [0.717, 1.165) is 6.26 Å². The number of hydrogen-bond donors (Lipinski definition) is 1. The molecule has 1 aliphatic heterocycles. The molecule has 0 fully saturated rings. The van der Waals surface area contributed by atoms with E-state index >= 15 is 0 Å². The van der Waals surface area contributed by atoms with Gasteiger partial charge in [-0.3, -0.25) is 4.79 Å². The minimum absolute atomic E-state index is 0.0725. The van der Waals surface area contributed by atoms with Crippen molar-refractivity contribution >= 4 is 40.8 Å². The van der Waals surface area contributed by atoms with Crippen LogP contribution in [-0.4, -0.2) is 31.2 Å². The number of nitrogens with one attached hydrogen (secondary N) is 1. The van der Waals surface area contributed by atoms with E-state index in [1.54, 1.807) is 0 Å². The Bertz CT molecular complexity index is 597. The third kappa shape index (κ3) is 4.54. The van der Waals surface area contributed by atoms with E-state index in [-0.39, 0.29) is 12.4 Å². The summed E-state index contributed by atoms with van der Waals surface area (Å²) < 4.78 is 15.0. The Hall–Kier alpha value is -1.92. The lowest BCUT2D eigenvalue weighted by Gasteiger charge is -2.17. The predicted molar refractivity (Wildman–Crippen MR) is 80.6 cm³/mol. The molecule has 2 rings (SSSR count). The van der Waals surface area contributed by atoms with E-state index < -0.39 is 18.0 Å². The quantitative estimate of drug-likeness (QED) is 0.849. The second-order valence-electron chi connectivity index (χ2n) is 4.40. The van der Waals surface area contributed by atoms with Gasteiger partial charge in [-0.2, -0.15) is 0 Å². The maximum atomic E-state index is 12.0. The molecule has 0 saturated heterocycles. The van der Waals surface area contributed by atoms with Crippen molar-refractivity contribution in [1.82, 2.24) is 0 Å². The van der Waals surface area contributed by atoms with Crippen molar-refractivity contribution in [3.05, 3.63) is 40.3 Å². The average Bonchev–Trinajstić information content (AvgIpc) is 2.46. The van der Waals surface area contributed by atoms with Crippen molar-refractivity contribution in [2.24, 2.45) is 0 Å². The highest BCUT2D eigenvalue weighted by molar-refractivity contribution is 6.35. The highest BCUT2D eigenvalue weighted by Gasteiger charge is 2.23. The lowest BCUT2D eigenvalue weighted by molar-refractivity contribution is -0.153. The number of benzene rings is 1. The third-order valence-corrected chi connectivity index (χ3v) is 3.07. The van der Waals surface area contributed by atoms with Gasteiger partial charge in [0, 0.05) is 15.7 Å². The number of halogens is 2. The Labute approximate surface area is 136 Å². The third-order valence-electron chi connectivity index (χ3n) is 2.63. The van der Waals surface area contributed by atoms with Crippen LogP contribution >= 0.6 is 23.2 Å². The van der Waals surface area contributed by atoms with Crippen molar-refractivity contribution in [2.45, 2.75) is 13.0 Å². The Balaban J connectivity index is 1.94. The lowest BCUT2D eigenvalue weighted by Crippen LogP contribution is -2.31. The smallest absolute Gasteiger partial charge is 0.377 e.